The lowest BCUT2D eigenvalue weighted by atomic mass is 9.98. The molecule has 0 aliphatic carbocycles. The second kappa shape index (κ2) is 20.6. The number of hydrogen-bond donors (Lipinski definition) is 0. The number of carbonyl (C=O) groups excluding carboxylic acids is 5. The Bertz CT molecular complexity index is 1270. The standard InChI is InChI=1S/C32H43N3O12/c1-6-7-8-9-10-14-17-26(46-31(40)24-15-12-11-13-16-24)25(34-35-33)18-42-32-30(45-23(5)39)29(44-22(4)38)28(43-21(3)37)27(47-32)19-41-20(2)36/h11-17,25-30,32H,6-10,18-19H2,1-5H3/t25-,26+,27+,28-,29-,30+,32+/m0/s1. The predicted octanol–water partition coefficient (Wildman–Crippen LogP) is 4.52. The smallest absolute Gasteiger partial charge is 0.338 e. The Morgan fingerprint density at radius 1 is 0.894 bits per heavy atom. The molecule has 0 saturated carbocycles. The Kier molecular flexibility index (Phi) is 17.0. The fourth-order valence-corrected chi connectivity index (χ4v) is 4.71. The number of allylic oxidation sites excluding steroid dienone is 1. The van der Waals surface area contributed by atoms with E-state index in [4.69, 9.17) is 33.2 Å². The molecule has 15 heteroatoms. The summed E-state index contributed by atoms with van der Waals surface area (Å²) >= 11 is 0. The summed E-state index contributed by atoms with van der Waals surface area (Å²) in [4.78, 5) is 63.8. The summed E-state index contributed by atoms with van der Waals surface area (Å²) < 4.78 is 39.0. The molecule has 0 bridgehead atoms. The van der Waals surface area contributed by atoms with Crippen LogP contribution in [0, 0.1) is 0 Å². The molecule has 0 aromatic heterocycles. The van der Waals surface area contributed by atoms with Gasteiger partial charge >= 0.3 is 29.8 Å². The number of esters is 5. The molecule has 0 unspecified atom stereocenters. The molecule has 0 spiro atoms. The maximum Gasteiger partial charge on any atom is 0.338 e. The number of hydrogen-bond acceptors (Lipinski definition) is 13. The van der Waals surface area contributed by atoms with E-state index in [0.717, 1.165) is 53.4 Å². The van der Waals surface area contributed by atoms with Crippen LogP contribution in [0.5, 0.6) is 0 Å². The van der Waals surface area contributed by atoms with Gasteiger partial charge in [0.05, 0.1) is 12.2 Å². The molecule has 1 heterocycles. The van der Waals surface area contributed by atoms with Gasteiger partial charge in [-0.25, -0.2) is 4.79 Å². The van der Waals surface area contributed by atoms with Gasteiger partial charge in [-0.3, -0.25) is 19.2 Å². The Morgan fingerprint density at radius 2 is 1.53 bits per heavy atom. The van der Waals surface area contributed by atoms with Crippen LogP contribution in [0.1, 0.15) is 77.1 Å². The fourth-order valence-electron chi connectivity index (χ4n) is 4.71. The summed E-state index contributed by atoms with van der Waals surface area (Å²) in [6, 6.07) is 7.09. The molecule has 1 aliphatic heterocycles. The van der Waals surface area contributed by atoms with E-state index in [-0.39, 0.29) is 5.56 Å². The molecule has 1 fully saturated rings. The molecule has 15 nitrogen and oxygen atoms in total. The minimum atomic E-state index is -1.52. The average molecular weight is 662 g/mol. The van der Waals surface area contributed by atoms with Gasteiger partial charge in [-0.15, -0.1) is 0 Å². The van der Waals surface area contributed by atoms with E-state index < -0.39 is 85.9 Å². The van der Waals surface area contributed by atoms with Gasteiger partial charge in [-0.05, 0) is 36.6 Å². The van der Waals surface area contributed by atoms with Crippen molar-refractivity contribution in [2.75, 3.05) is 13.2 Å². The maximum atomic E-state index is 13.0. The van der Waals surface area contributed by atoms with E-state index in [1.54, 1.807) is 36.4 Å². The molecule has 258 valence electrons. The van der Waals surface area contributed by atoms with Gasteiger partial charge in [0.1, 0.15) is 24.9 Å². The first-order valence-electron chi connectivity index (χ1n) is 15.4. The molecular formula is C32H43N3O12. The molecule has 47 heavy (non-hydrogen) atoms. The number of carbonyl (C=O) groups is 5. The Labute approximate surface area is 273 Å². The molecule has 2 rings (SSSR count). The highest BCUT2D eigenvalue weighted by Crippen LogP contribution is 2.30. The van der Waals surface area contributed by atoms with Crippen LogP contribution in [-0.2, 0) is 52.3 Å². The number of nitrogens with zero attached hydrogens (tertiary/aromatic N) is 3. The lowest BCUT2D eigenvalue weighted by molar-refractivity contribution is -0.309. The van der Waals surface area contributed by atoms with Crippen molar-refractivity contribution in [2.24, 2.45) is 5.11 Å². The highest BCUT2D eigenvalue weighted by Gasteiger charge is 2.53. The van der Waals surface area contributed by atoms with Crippen molar-refractivity contribution in [3.63, 3.8) is 0 Å². The quantitative estimate of drug-likeness (QED) is 0.0406. The summed E-state index contributed by atoms with van der Waals surface area (Å²) in [5, 5.41) is 3.81. The number of rotatable bonds is 18. The first kappa shape index (κ1) is 38.7. The minimum absolute atomic E-state index is 0.272. The first-order chi connectivity index (χ1) is 22.5. The van der Waals surface area contributed by atoms with E-state index in [1.807, 2.05) is 6.08 Å². The summed E-state index contributed by atoms with van der Waals surface area (Å²) in [7, 11) is 0. The lowest BCUT2D eigenvalue weighted by Crippen LogP contribution is -2.63. The van der Waals surface area contributed by atoms with E-state index in [9.17, 15) is 29.5 Å². The topological polar surface area (TPSA) is 199 Å². The van der Waals surface area contributed by atoms with Crippen LogP contribution >= 0.6 is 0 Å². The van der Waals surface area contributed by atoms with Gasteiger partial charge in [-0.1, -0.05) is 55.6 Å². The molecule has 0 N–H and O–H groups in total. The molecule has 0 amide bonds. The van der Waals surface area contributed by atoms with Crippen LogP contribution in [0.15, 0.2) is 47.6 Å². The monoisotopic (exact) mass is 661 g/mol. The fraction of sp³-hybridized carbons (Fsp3) is 0.594. The third-order valence-corrected chi connectivity index (χ3v) is 6.76. The predicted molar refractivity (Wildman–Crippen MR) is 164 cm³/mol. The highest BCUT2D eigenvalue weighted by atomic mass is 16.7. The zero-order valence-corrected chi connectivity index (χ0v) is 27.3. The summed E-state index contributed by atoms with van der Waals surface area (Å²) in [6.45, 7) is 5.67. The van der Waals surface area contributed by atoms with Crippen molar-refractivity contribution >= 4 is 29.8 Å². The summed E-state index contributed by atoms with van der Waals surface area (Å²) in [6.07, 6.45) is 0.0249. The second-order valence-electron chi connectivity index (χ2n) is 10.7. The number of benzene rings is 1. The number of azide groups is 1. The average Bonchev–Trinajstić information content (AvgIpc) is 3.01. The van der Waals surface area contributed by atoms with Crippen molar-refractivity contribution in [1.82, 2.24) is 0 Å². The number of ether oxygens (including phenoxy) is 7. The molecule has 1 aliphatic rings. The van der Waals surface area contributed by atoms with Gasteiger partial charge in [0, 0.05) is 32.6 Å². The van der Waals surface area contributed by atoms with Crippen molar-refractivity contribution in [3.8, 4) is 0 Å². The Balaban J connectivity index is 2.43. The van der Waals surface area contributed by atoms with E-state index in [0.29, 0.717) is 6.42 Å². The summed E-state index contributed by atoms with van der Waals surface area (Å²) in [5.41, 5.74) is 9.69. The van der Waals surface area contributed by atoms with Crippen molar-refractivity contribution in [2.45, 2.75) is 110 Å². The highest BCUT2D eigenvalue weighted by molar-refractivity contribution is 5.89. The van der Waals surface area contributed by atoms with E-state index in [2.05, 4.69) is 16.9 Å². The molecule has 1 saturated heterocycles. The van der Waals surface area contributed by atoms with Crippen molar-refractivity contribution in [1.29, 1.82) is 0 Å². The second-order valence-corrected chi connectivity index (χ2v) is 10.7. The normalized spacial score (nSPS) is 21.9. The van der Waals surface area contributed by atoms with Crippen LogP contribution in [0.25, 0.3) is 10.4 Å². The van der Waals surface area contributed by atoms with Crippen molar-refractivity contribution < 1.29 is 57.1 Å². The molecule has 7 atom stereocenters. The van der Waals surface area contributed by atoms with Gasteiger partial charge in [0.2, 0.25) is 0 Å². The maximum absolute atomic E-state index is 13.0. The van der Waals surface area contributed by atoms with E-state index >= 15 is 0 Å². The Hall–Kier alpha value is -4.46. The van der Waals surface area contributed by atoms with Gasteiger partial charge in [0.25, 0.3) is 0 Å². The van der Waals surface area contributed by atoms with Crippen LogP contribution in [0.2, 0.25) is 0 Å². The molecular weight excluding hydrogens is 618 g/mol. The zero-order valence-electron chi connectivity index (χ0n) is 27.3. The minimum Gasteiger partial charge on any atom is -0.463 e. The SMILES string of the molecule is CCCCCCC=C[C@@H](OC(=O)c1ccccc1)[C@H](CO[C@@H]1O[C@H](COC(C)=O)[C@H](OC(C)=O)[C@H](OC(C)=O)[C@H]1OC(C)=O)N=[N+]=[N-]. The van der Waals surface area contributed by atoms with Gasteiger partial charge < -0.3 is 33.2 Å². The third-order valence-electron chi connectivity index (χ3n) is 6.76. The van der Waals surface area contributed by atoms with Crippen LogP contribution in [0.3, 0.4) is 0 Å². The molecule has 0 radical (unpaired) electrons. The summed E-state index contributed by atoms with van der Waals surface area (Å²) in [5.74, 6) is -3.74. The van der Waals surface area contributed by atoms with E-state index in [1.165, 1.54) is 0 Å². The number of unbranched alkanes of at least 4 members (excludes halogenated alkanes) is 4. The largest absolute Gasteiger partial charge is 0.463 e. The van der Waals surface area contributed by atoms with Crippen LogP contribution in [-0.4, -0.2) is 85.9 Å². The van der Waals surface area contributed by atoms with Crippen molar-refractivity contribution in [3.05, 3.63) is 58.5 Å². The zero-order chi connectivity index (χ0) is 34.8. The molecule has 1 aromatic carbocycles. The van der Waals surface area contributed by atoms with Crippen LogP contribution in [0.4, 0.5) is 0 Å². The Morgan fingerprint density at radius 3 is 2.13 bits per heavy atom. The lowest BCUT2D eigenvalue weighted by Gasteiger charge is -2.44. The molecule has 1 aromatic rings. The van der Waals surface area contributed by atoms with Gasteiger partial charge in [0.15, 0.2) is 24.6 Å². The van der Waals surface area contributed by atoms with Crippen LogP contribution < -0.4 is 0 Å². The van der Waals surface area contributed by atoms with Gasteiger partial charge in [-0.2, -0.15) is 0 Å². The third kappa shape index (κ3) is 13.8. The first-order valence-corrected chi connectivity index (χ1v) is 15.4.